The van der Waals surface area contributed by atoms with Gasteiger partial charge in [-0.3, -0.25) is 14.4 Å². The van der Waals surface area contributed by atoms with Crippen LogP contribution in [0.5, 0.6) is 0 Å². The van der Waals surface area contributed by atoms with E-state index in [0.29, 0.717) is 19.3 Å². The lowest BCUT2D eigenvalue weighted by Gasteiger charge is -2.18. The van der Waals surface area contributed by atoms with Crippen molar-refractivity contribution >= 4 is 17.9 Å². The van der Waals surface area contributed by atoms with Gasteiger partial charge in [0, 0.05) is 19.3 Å². The average molecular weight is 1030 g/mol. The van der Waals surface area contributed by atoms with Crippen LogP contribution in [-0.4, -0.2) is 37.2 Å². The minimum atomic E-state index is -0.765. The molecule has 0 fully saturated rings. The summed E-state index contributed by atoms with van der Waals surface area (Å²) in [6.45, 7) is 13.8. The zero-order valence-electron chi connectivity index (χ0n) is 50.4. The van der Waals surface area contributed by atoms with Gasteiger partial charge in [-0.05, 0) is 37.0 Å². The maximum Gasteiger partial charge on any atom is 0.306 e. The Morgan fingerprint density at radius 2 is 0.397 bits per heavy atom. The largest absolute Gasteiger partial charge is 0.462 e. The zero-order valence-corrected chi connectivity index (χ0v) is 50.4. The summed E-state index contributed by atoms with van der Waals surface area (Å²) in [5.41, 5.74) is 0. The number of rotatable bonds is 60. The second kappa shape index (κ2) is 58.1. The SMILES string of the molecule is CC(C)CCCCCCCCCCCCCCCCCCCCC(=O)O[C@H](COC(=O)CCCCCCCCCCCCCCCCCC(C)C)COC(=O)CCCCCCCCCCCCCCCC(C)C. The number of esters is 3. The first-order chi connectivity index (χ1) is 35.6. The minimum absolute atomic E-state index is 0.0623. The van der Waals surface area contributed by atoms with Gasteiger partial charge in [-0.15, -0.1) is 0 Å². The predicted molar refractivity (Wildman–Crippen MR) is 316 cm³/mol. The van der Waals surface area contributed by atoms with E-state index >= 15 is 0 Å². The van der Waals surface area contributed by atoms with Crippen LogP contribution in [0.3, 0.4) is 0 Å². The summed E-state index contributed by atoms with van der Waals surface area (Å²) in [5, 5.41) is 0. The van der Waals surface area contributed by atoms with Gasteiger partial charge in [0.1, 0.15) is 13.2 Å². The molecular weight excluding hydrogens is 901 g/mol. The maximum absolute atomic E-state index is 12.9. The van der Waals surface area contributed by atoms with Crippen LogP contribution in [0.2, 0.25) is 0 Å². The highest BCUT2D eigenvalue weighted by atomic mass is 16.6. The first-order valence-electron chi connectivity index (χ1n) is 33.1. The molecule has 434 valence electrons. The highest BCUT2D eigenvalue weighted by Gasteiger charge is 2.19. The summed E-state index contributed by atoms with van der Waals surface area (Å²) >= 11 is 0. The lowest BCUT2D eigenvalue weighted by molar-refractivity contribution is -0.167. The van der Waals surface area contributed by atoms with E-state index in [-0.39, 0.29) is 31.1 Å². The van der Waals surface area contributed by atoms with Gasteiger partial charge in [0.05, 0.1) is 0 Å². The molecule has 1 atom stereocenters. The molecule has 0 aliphatic rings. The van der Waals surface area contributed by atoms with Crippen molar-refractivity contribution in [1.82, 2.24) is 0 Å². The fourth-order valence-corrected chi connectivity index (χ4v) is 10.4. The van der Waals surface area contributed by atoms with Crippen LogP contribution in [-0.2, 0) is 28.6 Å². The molecule has 0 spiro atoms. The van der Waals surface area contributed by atoms with E-state index in [2.05, 4.69) is 41.5 Å². The molecule has 0 aliphatic carbocycles. The summed E-state index contributed by atoms with van der Waals surface area (Å²) in [7, 11) is 0. The van der Waals surface area contributed by atoms with Gasteiger partial charge in [-0.25, -0.2) is 0 Å². The summed E-state index contributed by atoms with van der Waals surface area (Å²) in [6.07, 6.45) is 63.9. The molecular formula is C67H130O6. The Morgan fingerprint density at radius 1 is 0.233 bits per heavy atom. The standard InChI is InChI=1S/C67H130O6/c1-61(2)53-47-41-35-29-23-17-12-9-7-8-10-14-21-28-34-40-46-52-58-67(70)73-64(60-72-66(69)57-51-45-39-33-27-22-16-19-25-31-37-43-49-55-63(5)6)59-71-65(68)56-50-44-38-32-26-20-15-11-13-18-24-30-36-42-48-54-62(3)4/h61-64H,7-60H2,1-6H3/t64-/m1/s1. The molecule has 0 heterocycles. The Kier molecular flexibility index (Phi) is 56.8. The van der Waals surface area contributed by atoms with Crippen molar-refractivity contribution in [3.63, 3.8) is 0 Å². The molecule has 0 radical (unpaired) electrons. The van der Waals surface area contributed by atoms with Crippen LogP contribution >= 0.6 is 0 Å². The van der Waals surface area contributed by atoms with Crippen LogP contribution in [0.15, 0.2) is 0 Å². The van der Waals surface area contributed by atoms with E-state index in [1.165, 1.54) is 257 Å². The summed E-state index contributed by atoms with van der Waals surface area (Å²) in [4.78, 5) is 38.4. The first kappa shape index (κ1) is 71.4. The van der Waals surface area contributed by atoms with Gasteiger partial charge in [0.25, 0.3) is 0 Å². The number of unbranched alkanes of at least 4 members (excludes halogenated alkanes) is 43. The molecule has 73 heavy (non-hydrogen) atoms. The van der Waals surface area contributed by atoms with Crippen molar-refractivity contribution in [1.29, 1.82) is 0 Å². The average Bonchev–Trinajstić information content (AvgIpc) is 3.35. The zero-order chi connectivity index (χ0) is 53.3. The number of hydrogen-bond donors (Lipinski definition) is 0. The van der Waals surface area contributed by atoms with Gasteiger partial charge < -0.3 is 14.2 Å². The van der Waals surface area contributed by atoms with E-state index in [9.17, 15) is 14.4 Å². The van der Waals surface area contributed by atoms with Crippen LogP contribution in [0.4, 0.5) is 0 Å². The van der Waals surface area contributed by atoms with E-state index in [4.69, 9.17) is 14.2 Å². The Labute approximate surface area is 457 Å². The van der Waals surface area contributed by atoms with Gasteiger partial charge in [-0.2, -0.15) is 0 Å². The highest BCUT2D eigenvalue weighted by molar-refractivity contribution is 5.71. The van der Waals surface area contributed by atoms with E-state index in [1.807, 2.05) is 0 Å². The summed E-state index contributed by atoms with van der Waals surface area (Å²) < 4.78 is 17.0. The lowest BCUT2D eigenvalue weighted by atomic mass is 10.0. The molecule has 0 saturated carbocycles. The first-order valence-corrected chi connectivity index (χ1v) is 33.1. The third kappa shape index (κ3) is 61.1. The van der Waals surface area contributed by atoms with Crippen molar-refractivity contribution in [2.75, 3.05) is 13.2 Å². The topological polar surface area (TPSA) is 78.9 Å². The fraction of sp³-hybridized carbons (Fsp3) is 0.955. The van der Waals surface area contributed by atoms with Crippen LogP contribution in [0, 0.1) is 17.8 Å². The Balaban J connectivity index is 4.28. The molecule has 0 aromatic heterocycles. The predicted octanol–water partition coefficient (Wildman–Crippen LogP) is 22.2. The van der Waals surface area contributed by atoms with Crippen molar-refractivity contribution in [3.05, 3.63) is 0 Å². The molecule has 0 N–H and O–H groups in total. The molecule has 0 aromatic carbocycles. The third-order valence-corrected chi connectivity index (χ3v) is 15.4. The van der Waals surface area contributed by atoms with E-state index in [0.717, 1.165) is 75.5 Å². The van der Waals surface area contributed by atoms with E-state index < -0.39 is 6.10 Å². The van der Waals surface area contributed by atoms with Gasteiger partial charge in [0.15, 0.2) is 6.10 Å². The maximum atomic E-state index is 12.9. The molecule has 0 bridgehead atoms. The Hall–Kier alpha value is -1.59. The molecule has 0 saturated heterocycles. The number of ether oxygens (including phenoxy) is 3. The second-order valence-electron chi connectivity index (χ2n) is 24.5. The number of carbonyl (C=O) groups is 3. The quantitative estimate of drug-likeness (QED) is 0.0343. The molecule has 0 aliphatic heterocycles. The minimum Gasteiger partial charge on any atom is -0.462 e. The second-order valence-corrected chi connectivity index (χ2v) is 24.5. The van der Waals surface area contributed by atoms with Crippen LogP contribution < -0.4 is 0 Å². The normalized spacial score (nSPS) is 12.1. The number of carbonyl (C=O) groups excluding carboxylic acids is 3. The van der Waals surface area contributed by atoms with Crippen LogP contribution in [0.1, 0.15) is 375 Å². The Morgan fingerprint density at radius 3 is 0.589 bits per heavy atom. The fourth-order valence-electron chi connectivity index (χ4n) is 10.4. The Bertz CT molecular complexity index is 1130. The highest BCUT2D eigenvalue weighted by Crippen LogP contribution is 2.19. The van der Waals surface area contributed by atoms with Crippen molar-refractivity contribution in [2.45, 2.75) is 382 Å². The van der Waals surface area contributed by atoms with Gasteiger partial charge >= 0.3 is 17.9 Å². The molecule has 6 heteroatoms. The molecule has 0 amide bonds. The molecule has 0 unspecified atom stereocenters. The molecule has 0 rings (SSSR count). The van der Waals surface area contributed by atoms with E-state index in [1.54, 1.807) is 0 Å². The van der Waals surface area contributed by atoms with Gasteiger partial charge in [-0.1, -0.05) is 337 Å². The summed E-state index contributed by atoms with van der Waals surface area (Å²) in [5.74, 6) is 1.71. The molecule has 6 nitrogen and oxygen atoms in total. The monoisotopic (exact) mass is 1030 g/mol. The van der Waals surface area contributed by atoms with Crippen LogP contribution in [0.25, 0.3) is 0 Å². The summed E-state index contributed by atoms with van der Waals surface area (Å²) in [6, 6.07) is 0. The number of hydrogen-bond acceptors (Lipinski definition) is 6. The van der Waals surface area contributed by atoms with Crippen molar-refractivity contribution in [2.24, 2.45) is 17.8 Å². The van der Waals surface area contributed by atoms with Gasteiger partial charge in [0.2, 0.25) is 0 Å². The third-order valence-electron chi connectivity index (χ3n) is 15.4. The lowest BCUT2D eigenvalue weighted by Crippen LogP contribution is -2.30. The smallest absolute Gasteiger partial charge is 0.306 e. The molecule has 0 aromatic rings. The van der Waals surface area contributed by atoms with Crippen molar-refractivity contribution < 1.29 is 28.6 Å². The van der Waals surface area contributed by atoms with Crippen molar-refractivity contribution in [3.8, 4) is 0 Å².